The summed E-state index contributed by atoms with van der Waals surface area (Å²) in [5.41, 5.74) is 1.95. The van der Waals surface area contributed by atoms with E-state index in [0.29, 0.717) is 16.8 Å². The lowest BCUT2D eigenvalue weighted by atomic mass is 10.1. The van der Waals surface area contributed by atoms with Gasteiger partial charge in [-0.2, -0.15) is 0 Å². The summed E-state index contributed by atoms with van der Waals surface area (Å²) >= 11 is 12.0. The number of rotatable bonds is 7. The first-order chi connectivity index (χ1) is 10.2. The fraction of sp³-hybridized carbons (Fsp3) is 0.333. The molecule has 0 aliphatic heterocycles. The first kappa shape index (κ1) is 16.0. The van der Waals surface area contributed by atoms with Crippen molar-refractivity contribution in [2.24, 2.45) is 4.99 Å². The van der Waals surface area contributed by atoms with Crippen LogP contribution in [-0.4, -0.2) is 29.1 Å². The molecule has 0 atom stereocenters. The van der Waals surface area contributed by atoms with Gasteiger partial charge in [0.05, 0.1) is 16.4 Å². The topological polar surface area (TPSA) is 39.4 Å². The van der Waals surface area contributed by atoms with Crippen LogP contribution in [0, 0.1) is 0 Å². The highest BCUT2D eigenvalue weighted by Crippen LogP contribution is 2.23. The first-order valence-electron chi connectivity index (χ1n) is 6.64. The van der Waals surface area contributed by atoms with Gasteiger partial charge in [-0.15, -0.1) is 0 Å². The Morgan fingerprint density at radius 1 is 1.33 bits per heavy atom. The van der Waals surface area contributed by atoms with Gasteiger partial charge in [-0.3, -0.25) is 4.99 Å². The molecule has 21 heavy (non-hydrogen) atoms. The summed E-state index contributed by atoms with van der Waals surface area (Å²) in [5.74, 6) is 0. The number of aliphatic imine (C=N–C) groups is 1. The van der Waals surface area contributed by atoms with Gasteiger partial charge in [0.15, 0.2) is 0 Å². The smallest absolute Gasteiger partial charge is 0.137 e. The lowest BCUT2D eigenvalue weighted by molar-refractivity contribution is 0.209. The normalized spacial score (nSPS) is 11.9. The zero-order chi connectivity index (χ0) is 15.1. The highest BCUT2D eigenvalue weighted by atomic mass is 35.5. The molecule has 1 aromatic heterocycles. The summed E-state index contributed by atoms with van der Waals surface area (Å²) in [5, 5.41) is 1.08. The molecule has 0 amide bonds. The van der Waals surface area contributed by atoms with E-state index in [0.717, 1.165) is 30.7 Å². The van der Waals surface area contributed by atoms with Gasteiger partial charge in [0.25, 0.3) is 0 Å². The van der Waals surface area contributed by atoms with Crippen LogP contribution in [0.4, 0.5) is 0 Å². The van der Waals surface area contributed by atoms with Crippen LogP contribution in [-0.2, 0) is 11.3 Å². The molecular formula is C15H17Cl2N3O. The van der Waals surface area contributed by atoms with Gasteiger partial charge in [-0.25, -0.2) is 4.98 Å². The van der Waals surface area contributed by atoms with Crippen LogP contribution in [0.25, 0.3) is 0 Å². The minimum atomic E-state index is 0.334. The van der Waals surface area contributed by atoms with Crippen molar-refractivity contribution >= 4 is 28.9 Å². The Labute approximate surface area is 134 Å². The van der Waals surface area contributed by atoms with Gasteiger partial charge in [-0.05, 0) is 30.5 Å². The number of aromatic nitrogens is 2. The molecule has 0 bridgehead atoms. The molecule has 0 N–H and O–H groups in total. The van der Waals surface area contributed by atoms with Crippen molar-refractivity contribution in [3.63, 3.8) is 0 Å². The number of nitrogens with zero attached hydrogens (tertiary/aromatic N) is 3. The molecule has 112 valence electrons. The van der Waals surface area contributed by atoms with Gasteiger partial charge >= 0.3 is 0 Å². The Balaban J connectivity index is 2.05. The summed E-state index contributed by atoms with van der Waals surface area (Å²) in [7, 11) is 1.63. The van der Waals surface area contributed by atoms with Crippen molar-refractivity contribution in [1.82, 2.24) is 9.55 Å². The second kappa shape index (κ2) is 8.17. The average molecular weight is 326 g/mol. The predicted molar refractivity (Wildman–Crippen MR) is 86.3 cm³/mol. The molecule has 0 radical (unpaired) electrons. The maximum Gasteiger partial charge on any atom is 0.137 e. The number of methoxy groups -OCH3 is 1. The Morgan fingerprint density at radius 2 is 2.19 bits per heavy atom. The van der Waals surface area contributed by atoms with E-state index in [9.17, 15) is 0 Å². The van der Waals surface area contributed by atoms with E-state index in [4.69, 9.17) is 27.9 Å². The molecule has 0 saturated heterocycles. The van der Waals surface area contributed by atoms with E-state index in [1.54, 1.807) is 19.4 Å². The van der Waals surface area contributed by atoms with E-state index in [2.05, 4.69) is 9.98 Å². The van der Waals surface area contributed by atoms with Gasteiger partial charge in [0.1, 0.15) is 6.73 Å². The van der Waals surface area contributed by atoms with Crippen molar-refractivity contribution in [3.8, 4) is 0 Å². The summed E-state index contributed by atoms with van der Waals surface area (Å²) in [6.45, 7) is 1.23. The van der Waals surface area contributed by atoms with Crippen LogP contribution >= 0.6 is 23.2 Å². The SMILES string of the molecule is COCN=C(CCCn1ccnc1)c1ccc(Cl)c(Cl)c1. The molecule has 1 heterocycles. The maximum atomic E-state index is 6.08. The fourth-order valence-electron chi connectivity index (χ4n) is 1.98. The Hall–Kier alpha value is -1.36. The number of hydrogen-bond donors (Lipinski definition) is 0. The van der Waals surface area contributed by atoms with Crippen molar-refractivity contribution < 1.29 is 4.74 Å². The molecule has 2 rings (SSSR count). The molecule has 6 heteroatoms. The summed E-state index contributed by atoms with van der Waals surface area (Å²) in [6, 6.07) is 5.56. The monoisotopic (exact) mass is 325 g/mol. The molecule has 1 aromatic carbocycles. The third-order valence-electron chi connectivity index (χ3n) is 3.03. The second-order valence-corrected chi connectivity index (χ2v) is 5.37. The van der Waals surface area contributed by atoms with Gasteiger partial charge in [0.2, 0.25) is 0 Å². The van der Waals surface area contributed by atoms with E-state index < -0.39 is 0 Å². The molecule has 0 unspecified atom stereocenters. The molecule has 4 nitrogen and oxygen atoms in total. The van der Waals surface area contributed by atoms with Crippen LogP contribution in [0.2, 0.25) is 10.0 Å². The number of halogens is 2. The van der Waals surface area contributed by atoms with Crippen molar-refractivity contribution in [2.45, 2.75) is 19.4 Å². The summed E-state index contributed by atoms with van der Waals surface area (Å²) in [4.78, 5) is 8.50. The number of benzene rings is 1. The van der Waals surface area contributed by atoms with Gasteiger partial charge in [0, 0.05) is 31.8 Å². The molecule has 2 aromatic rings. The van der Waals surface area contributed by atoms with Gasteiger partial charge < -0.3 is 9.30 Å². The van der Waals surface area contributed by atoms with E-state index in [-0.39, 0.29) is 0 Å². The highest BCUT2D eigenvalue weighted by Gasteiger charge is 2.07. The first-order valence-corrected chi connectivity index (χ1v) is 7.39. The van der Waals surface area contributed by atoms with Crippen LogP contribution in [0.15, 0.2) is 41.9 Å². The van der Waals surface area contributed by atoms with Crippen LogP contribution in [0.3, 0.4) is 0 Å². The van der Waals surface area contributed by atoms with E-state index >= 15 is 0 Å². The summed E-state index contributed by atoms with van der Waals surface area (Å²) < 4.78 is 7.08. The molecule has 0 saturated carbocycles. The Morgan fingerprint density at radius 3 is 2.86 bits per heavy atom. The third kappa shape index (κ3) is 4.84. The second-order valence-electron chi connectivity index (χ2n) is 4.56. The zero-order valence-electron chi connectivity index (χ0n) is 11.8. The summed E-state index contributed by atoms with van der Waals surface area (Å²) in [6.07, 6.45) is 7.33. The highest BCUT2D eigenvalue weighted by molar-refractivity contribution is 6.42. The molecule has 0 fully saturated rings. The van der Waals surface area contributed by atoms with Gasteiger partial charge in [-0.1, -0.05) is 29.3 Å². The van der Waals surface area contributed by atoms with E-state index in [1.165, 1.54) is 0 Å². The van der Waals surface area contributed by atoms with Crippen LogP contribution in [0.5, 0.6) is 0 Å². The predicted octanol–water partition coefficient (Wildman–Crippen LogP) is 4.06. The molecular weight excluding hydrogens is 309 g/mol. The zero-order valence-corrected chi connectivity index (χ0v) is 13.3. The minimum Gasteiger partial charge on any atom is -0.363 e. The largest absolute Gasteiger partial charge is 0.363 e. The van der Waals surface area contributed by atoms with Crippen molar-refractivity contribution in [2.75, 3.05) is 13.8 Å². The van der Waals surface area contributed by atoms with Crippen LogP contribution < -0.4 is 0 Å². The Bertz CT molecular complexity index is 597. The quantitative estimate of drug-likeness (QED) is 0.720. The van der Waals surface area contributed by atoms with Crippen molar-refractivity contribution in [3.05, 3.63) is 52.5 Å². The molecule has 0 spiro atoms. The molecule has 0 aliphatic carbocycles. The lowest BCUT2D eigenvalue weighted by Crippen LogP contribution is -2.06. The number of ether oxygens (including phenoxy) is 1. The lowest BCUT2D eigenvalue weighted by Gasteiger charge is -2.09. The average Bonchev–Trinajstić information content (AvgIpc) is 2.99. The number of imidazole rings is 1. The third-order valence-corrected chi connectivity index (χ3v) is 3.77. The minimum absolute atomic E-state index is 0.334. The number of aryl methyl sites for hydroxylation is 1. The Kier molecular flexibility index (Phi) is 6.23. The van der Waals surface area contributed by atoms with Crippen molar-refractivity contribution in [1.29, 1.82) is 0 Å². The standard InChI is InChI=1S/C15H17Cl2N3O/c1-21-11-19-15(3-2-7-20-8-6-18-10-20)12-4-5-13(16)14(17)9-12/h4-6,8-10H,2-3,7,11H2,1H3. The fourth-order valence-corrected chi connectivity index (χ4v) is 2.28. The number of hydrogen-bond acceptors (Lipinski definition) is 3. The molecule has 0 aliphatic rings. The van der Waals surface area contributed by atoms with Crippen LogP contribution in [0.1, 0.15) is 18.4 Å². The maximum absolute atomic E-state index is 6.08. The van der Waals surface area contributed by atoms with E-state index in [1.807, 2.05) is 29.2 Å².